The zero-order valence-corrected chi connectivity index (χ0v) is 22.0. The number of hydrogen-bond acceptors (Lipinski definition) is 7. The monoisotopic (exact) mass is 548 g/mol. The Morgan fingerprint density at radius 2 is 1.68 bits per heavy atom. The number of halogens is 2. The van der Waals surface area contributed by atoms with Gasteiger partial charge in [0.1, 0.15) is 34.5 Å². The first kappa shape index (κ1) is 26.8. The molecule has 1 saturated heterocycles. The standard InChI is InChI=1S/C29H26F2N4O5/c1-16-10-11-20(32-14-16)26-33-27(36)24(29(38)35(26)25-21(39-2)8-5-9-22(25)40-3)28(37)34-13-12-17(15-34)23-18(30)6-4-7-19(23)31/h4-11,14,17,38H,12-13,15H2,1-3H3. The van der Waals surface area contributed by atoms with E-state index in [-0.39, 0.29) is 53.8 Å². The van der Waals surface area contributed by atoms with Gasteiger partial charge in [-0.3, -0.25) is 19.1 Å². The van der Waals surface area contributed by atoms with Gasteiger partial charge in [0.2, 0.25) is 5.88 Å². The number of aromatic nitrogens is 3. The summed E-state index contributed by atoms with van der Waals surface area (Å²) in [5, 5.41) is 11.6. The number of benzene rings is 2. The van der Waals surface area contributed by atoms with Gasteiger partial charge in [0, 0.05) is 30.8 Å². The van der Waals surface area contributed by atoms with Crippen LogP contribution in [0.4, 0.5) is 8.78 Å². The lowest BCUT2D eigenvalue weighted by molar-refractivity contribution is 0.0784. The number of para-hydroxylation sites is 1. The molecule has 1 fully saturated rings. The number of methoxy groups -OCH3 is 2. The molecule has 0 saturated carbocycles. The van der Waals surface area contributed by atoms with Crippen molar-refractivity contribution in [3.05, 3.63) is 93.4 Å². The normalized spacial score (nSPS) is 14.8. The number of nitrogens with zero attached hydrogens (tertiary/aromatic N) is 4. The van der Waals surface area contributed by atoms with Crippen molar-refractivity contribution >= 4 is 5.91 Å². The molecule has 2 aromatic carbocycles. The number of aryl methyl sites for hydroxylation is 1. The van der Waals surface area contributed by atoms with E-state index in [1.807, 2.05) is 6.92 Å². The first-order valence-electron chi connectivity index (χ1n) is 12.5. The summed E-state index contributed by atoms with van der Waals surface area (Å²) in [4.78, 5) is 36.8. The predicted molar refractivity (Wildman–Crippen MR) is 142 cm³/mol. The van der Waals surface area contributed by atoms with Gasteiger partial charge in [0.25, 0.3) is 11.5 Å². The topological polar surface area (TPSA) is 107 Å². The van der Waals surface area contributed by atoms with Crippen LogP contribution in [0.1, 0.15) is 33.8 Å². The van der Waals surface area contributed by atoms with Crippen LogP contribution in [0.3, 0.4) is 0 Å². The molecule has 0 spiro atoms. The number of likely N-dealkylation sites (tertiary alicyclic amines) is 1. The maximum absolute atomic E-state index is 14.4. The second kappa shape index (κ2) is 10.8. The smallest absolute Gasteiger partial charge is 0.290 e. The maximum atomic E-state index is 14.4. The quantitative estimate of drug-likeness (QED) is 0.384. The Hall–Kier alpha value is -4.80. The fourth-order valence-electron chi connectivity index (χ4n) is 4.97. The molecule has 0 bridgehead atoms. The molecule has 1 aliphatic rings. The molecule has 1 amide bonds. The number of pyridine rings is 1. The number of carbonyl (C=O) groups is 1. The molecular weight excluding hydrogens is 522 g/mol. The van der Waals surface area contributed by atoms with E-state index in [9.17, 15) is 23.5 Å². The SMILES string of the molecule is COc1cccc(OC)c1-n1c(-c2ccc(C)cn2)nc(=O)c(C(=O)N2CCC(c3c(F)cccc3F)C2)c1O. The van der Waals surface area contributed by atoms with Gasteiger partial charge in [-0.25, -0.2) is 8.78 Å². The first-order chi connectivity index (χ1) is 19.2. The molecule has 11 heteroatoms. The van der Waals surface area contributed by atoms with Gasteiger partial charge < -0.3 is 19.5 Å². The van der Waals surface area contributed by atoms with Crippen molar-refractivity contribution in [1.29, 1.82) is 0 Å². The van der Waals surface area contributed by atoms with E-state index in [1.54, 1.807) is 36.5 Å². The summed E-state index contributed by atoms with van der Waals surface area (Å²) in [5.74, 6) is -3.06. The highest BCUT2D eigenvalue weighted by Gasteiger charge is 2.35. The van der Waals surface area contributed by atoms with Crippen molar-refractivity contribution in [3.63, 3.8) is 0 Å². The lowest BCUT2D eigenvalue weighted by atomic mass is 9.97. The zero-order chi connectivity index (χ0) is 28.6. The van der Waals surface area contributed by atoms with Crippen molar-refractivity contribution in [3.8, 4) is 34.6 Å². The van der Waals surface area contributed by atoms with E-state index < -0.39 is 40.5 Å². The lowest BCUT2D eigenvalue weighted by Gasteiger charge is -2.22. The molecule has 4 aromatic rings. The molecule has 0 aliphatic carbocycles. The number of carbonyl (C=O) groups excluding carboxylic acids is 1. The van der Waals surface area contributed by atoms with Crippen molar-refractivity contribution < 1.29 is 28.2 Å². The molecule has 40 heavy (non-hydrogen) atoms. The number of hydrogen-bond donors (Lipinski definition) is 1. The molecule has 0 radical (unpaired) electrons. The summed E-state index contributed by atoms with van der Waals surface area (Å²) < 4.78 is 41.1. The Balaban J connectivity index is 1.66. The molecule has 5 rings (SSSR count). The van der Waals surface area contributed by atoms with Crippen LogP contribution in [0.5, 0.6) is 17.4 Å². The average Bonchev–Trinajstić information content (AvgIpc) is 3.42. The third-order valence-electron chi connectivity index (χ3n) is 6.93. The van der Waals surface area contributed by atoms with E-state index in [0.29, 0.717) is 0 Å². The summed E-state index contributed by atoms with van der Waals surface area (Å²) in [6.45, 7) is 1.92. The van der Waals surface area contributed by atoms with Gasteiger partial charge in [-0.2, -0.15) is 4.98 Å². The minimum Gasteiger partial charge on any atom is -0.494 e. The van der Waals surface area contributed by atoms with Crippen LogP contribution < -0.4 is 15.0 Å². The second-order valence-corrected chi connectivity index (χ2v) is 9.38. The molecule has 2 aromatic heterocycles. The van der Waals surface area contributed by atoms with Crippen LogP contribution in [0, 0.1) is 18.6 Å². The second-order valence-electron chi connectivity index (χ2n) is 9.38. The molecule has 1 N–H and O–H groups in total. The van der Waals surface area contributed by atoms with Crippen LogP contribution >= 0.6 is 0 Å². The minimum atomic E-state index is -0.981. The van der Waals surface area contributed by atoms with Gasteiger partial charge in [0.05, 0.1) is 14.2 Å². The van der Waals surface area contributed by atoms with Gasteiger partial charge in [-0.05, 0) is 49.2 Å². The summed E-state index contributed by atoms with van der Waals surface area (Å²) in [6, 6.07) is 11.9. The Labute approximate surface area is 228 Å². The van der Waals surface area contributed by atoms with E-state index in [2.05, 4.69) is 9.97 Å². The van der Waals surface area contributed by atoms with E-state index in [4.69, 9.17) is 9.47 Å². The van der Waals surface area contributed by atoms with Crippen molar-refractivity contribution in [1.82, 2.24) is 19.4 Å². The third kappa shape index (κ3) is 4.63. The van der Waals surface area contributed by atoms with E-state index >= 15 is 0 Å². The summed E-state index contributed by atoms with van der Waals surface area (Å²) >= 11 is 0. The highest BCUT2D eigenvalue weighted by molar-refractivity contribution is 5.96. The third-order valence-corrected chi connectivity index (χ3v) is 6.93. The largest absolute Gasteiger partial charge is 0.494 e. The molecule has 3 heterocycles. The van der Waals surface area contributed by atoms with Gasteiger partial charge >= 0.3 is 0 Å². The highest BCUT2D eigenvalue weighted by atomic mass is 19.1. The van der Waals surface area contributed by atoms with Crippen molar-refractivity contribution in [2.24, 2.45) is 0 Å². The van der Waals surface area contributed by atoms with Crippen LogP contribution in [0.15, 0.2) is 59.5 Å². The fourth-order valence-corrected chi connectivity index (χ4v) is 4.97. The summed E-state index contributed by atoms with van der Waals surface area (Å²) in [6.07, 6.45) is 1.85. The first-order valence-corrected chi connectivity index (χ1v) is 12.5. The van der Waals surface area contributed by atoms with Crippen LogP contribution in [0.2, 0.25) is 0 Å². The average molecular weight is 549 g/mol. The Kier molecular flexibility index (Phi) is 7.20. The number of amides is 1. The Morgan fingerprint density at radius 3 is 2.27 bits per heavy atom. The molecule has 1 unspecified atom stereocenters. The van der Waals surface area contributed by atoms with Gasteiger partial charge in [-0.15, -0.1) is 0 Å². The molecule has 9 nitrogen and oxygen atoms in total. The zero-order valence-electron chi connectivity index (χ0n) is 22.0. The van der Waals surface area contributed by atoms with Gasteiger partial charge in [0.15, 0.2) is 11.4 Å². The Bertz CT molecular complexity index is 1610. The fraction of sp³-hybridized carbons (Fsp3) is 0.241. The lowest BCUT2D eigenvalue weighted by Crippen LogP contribution is -2.34. The van der Waals surface area contributed by atoms with Crippen LogP contribution in [0.25, 0.3) is 17.2 Å². The number of rotatable bonds is 6. The van der Waals surface area contributed by atoms with Crippen molar-refractivity contribution in [2.75, 3.05) is 27.3 Å². The molecule has 1 aliphatic heterocycles. The number of ether oxygens (including phenoxy) is 2. The van der Waals surface area contributed by atoms with Crippen molar-refractivity contribution in [2.45, 2.75) is 19.3 Å². The highest BCUT2D eigenvalue weighted by Crippen LogP contribution is 2.39. The molecule has 206 valence electrons. The summed E-state index contributed by atoms with van der Waals surface area (Å²) in [7, 11) is 2.85. The minimum absolute atomic E-state index is 0.0467. The number of aromatic hydroxyl groups is 1. The molecule has 1 atom stereocenters. The predicted octanol–water partition coefficient (Wildman–Crippen LogP) is 4.23. The Morgan fingerprint density at radius 1 is 1.02 bits per heavy atom. The summed E-state index contributed by atoms with van der Waals surface area (Å²) in [5.41, 5.74) is -0.391. The van der Waals surface area contributed by atoms with Crippen LogP contribution in [-0.2, 0) is 0 Å². The molecular formula is C29H26F2N4O5. The van der Waals surface area contributed by atoms with E-state index in [0.717, 1.165) is 17.7 Å². The maximum Gasteiger partial charge on any atom is 0.290 e. The van der Waals surface area contributed by atoms with Crippen LogP contribution in [-0.4, -0.2) is 57.8 Å². The van der Waals surface area contributed by atoms with E-state index in [1.165, 1.54) is 29.8 Å². The van der Waals surface area contributed by atoms with Gasteiger partial charge in [-0.1, -0.05) is 18.2 Å².